The number of ether oxygens (including phenoxy) is 1. The molecule has 0 aromatic heterocycles. The first-order valence-electron chi connectivity index (χ1n) is 5.44. The molecular weight excluding hydrogens is 221 g/mol. The highest BCUT2D eigenvalue weighted by Gasteiger charge is 2.12. The molecule has 0 radical (unpaired) electrons. The van der Waals surface area contributed by atoms with Gasteiger partial charge in [-0.25, -0.2) is 4.39 Å². The van der Waals surface area contributed by atoms with E-state index in [2.05, 4.69) is 4.90 Å². The normalized spacial score (nSPS) is 10.7. The Balaban J connectivity index is 2.91. The molecule has 0 aliphatic heterocycles. The van der Waals surface area contributed by atoms with E-state index in [1.165, 1.54) is 13.2 Å². The molecule has 4 nitrogen and oxygen atoms in total. The van der Waals surface area contributed by atoms with E-state index >= 15 is 0 Å². The third-order valence-corrected chi connectivity index (χ3v) is 2.61. The first-order valence-corrected chi connectivity index (χ1v) is 5.44. The zero-order valence-corrected chi connectivity index (χ0v) is 10.8. The minimum atomic E-state index is -0.448. The van der Waals surface area contributed by atoms with Crippen molar-refractivity contribution in [1.82, 2.24) is 4.90 Å². The number of halogens is 1. The van der Waals surface area contributed by atoms with Gasteiger partial charge in [0.1, 0.15) is 5.75 Å². The van der Waals surface area contributed by atoms with Crippen molar-refractivity contribution in [3.8, 4) is 5.75 Å². The van der Waals surface area contributed by atoms with E-state index in [4.69, 9.17) is 10.5 Å². The lowest BCUT2D eigenvalue weighted by Crippen LogP contribution is -2.29. The zero-order chi connectivity index (χ0) is 13.0. The van der Waals surface area contributed by atoms with Crippen molar-refractivity contribution in [1.29, 1.82) is 0 Å². The molecule has 0 saturated carbocycles. The number of methoxy groups -OCH3 is 1. The molecule has 0 spiro atoms. The smallest absolute Gasteiger partial charge is 0.151 e. The van der Waals surface area contributed by atoms with Crippen molar-refractivity contribution in [2.45, 2.75) is 0 Å². The Labute approximate surface area is 102 Å². The number of hydrogen-bond donors (Lipinski definition) is 1. The summed E-state index contributed by atoms with van der Waals surface area (Å²) in [5.41, 5.74) is 6.54. The molecule has 0 fully saturated rings. The highest BCUT2D eigenvalue weighted by atomic mass is 19.1. The average molecular weight is 241 g/mol. The zero-order valence-electron chi connectivity index (χ0n) is 10.8. The van der Waals surface area contributed by atoms with Crippen molar-refractivity contribution in [2.75, 3.05) is 52.0 Å². The number of likely N-dealkylation sites (N-methyl/N-ethyl adjacent to an activating group) is 2. The van der Waals surface area contributed by atoms with Gasteiger partial charge in [-0.1, -0.05) is 0 Å². The monoisotopic (exact) mass is 241 g/mol. The van der Waals surface area contributed by atoms with E-state index in [0.717, 1.165) is 13.1 Å². The van der Waals surface area contributed by atoms with E-state index in [9.17, 15) is 4.39 Å². The Morgan fingerprint density at radius 3 is 2.41 bits per heavy atom. The maximum Gasteiger partial charge on any atom is 0.151 e. The van der Waals surface area contributed by atoms with Gasteiger partial charge in [-0.15, -0.1) is 0 Å². The van der Waals surface area contributed by atoms with E-state index < -0.39 is 5.82 Å². The second-order valence-electron chi connectivity index (χ2n) is 4.27. The predicted molar refractivity (Wildman–Crippen MR) is 69.2 cm³/mol. The third kappa shape index (κ3) is 3.49. The van der Waals surface area contributed by atoms with Gasteiger partial charge in [0, 0.05) is 32.3 Å². The van der Waals surface area contributed by atoms with Crippen molar-refractivity contribution in [3.63, 3.8) is 0 Å². The van der Waals surface area contributed by atoms with Crippen molar-refractivity contribution >= 4 is 11.4 Å². The largest absolute Gasteiger partial charge is 0.497 e. The van der Waals surface area contributed by atoms with Gasteiger partial charge < -0.3 is 20.3 Å². The predicted octanol–water partition coefficient (Wildman–Crippen LogP) is 1.41. The van der Waals surface area contributed by atoms with Crippen LogP contribution in [0.2, 0.25) is 0 Å². The van der Waals surface area contributed by atoms with Crippen LogP contribution < -0.4 is 15.4 Å². The topological polar surface area (TPSA) is 41.7 Å². The lowest BCUT2D eigenvalue weighted by atomic mass is 10.2. The first kappa shape index (κ1) is 13.6. The summed E-state index contributed by atoms with van der Waals surface area (Å²) >= 11 is 0. The average Bonchev–Trinajstić information content (AvgIpc) is 2.29. The Bertz CT molecular complexity index is 382. The van der Waals surface area contributed by atoms with E-state index in [1.54, 1.807) is 6.07 Å². The summed E-state index contributed by atoms with van der Waals surface area (Å²) < 4.78 is 18.6. The Kier molecular flexibility index (Phi) is 4.57. The van der Waals surface area contributed by atoms with Crippen LogP contribution in [0.15, 0.2) is 12.1 Å². The molecule has 0 aliphatic rings. The van der Waals surface area contributed by atoms with Gasteiger partial charge in [0.15, 0.2) is 5.82 Å². The van der Waals surface area contributed by atoms with Gasteiger partial charge in [-0.2, -0.15) is 0 Å². The Morgan fingerprint density at radius 2 is 1.88 bits per heavy atom. The van der Waals surface area contributed by atoms with Crippen LogP contribution in [0.3, 0.4) is 0 Å². The quantitative estimate of drug-likeness (QED) is 0.792. The van der Waals surface area contributed by atoms with Crippen molar-refractivity contribution in [2.24, 2.45) is 0 Å². The molecule has 0 bridgehead atoms. The number of anilines is 2. The number of rotatable bonds is 5. The summed E-state index contributed by atoms with van der Waals surface area (Å²) in [6.07, 6.45) is 0. The number of nitrogens with zero attached hydrogens (tertiary/aromatic N) is 2. The molecule has 0 unspecified atom stereocenters. The molecule has 5 heteroatoms. The lowest BCUT2D eigenvalue weighted by Gasteiger charge is -2.23. The summed E-state index contributed by atoms with van der Waals surface area (Å²) in [6.45, 7) is 1.64. The summed E-state index contributed by atoms with van der Waals surface area (Å²) in [5, 5.41) is 0. The molecular formula is C12H20FN3O. The molecule has 1 aromatic carbocycles. The van der Waals surface area contributed by atoms with Crippen LogP contribution in [-0.4, -0.2) is 46.2 Å². The molecule has 1 aromatic rings. The molecule has 0 aliphatic carbocycles. The van der Waals surface area contributed by atoms with Crippen molar-refractivity contribution in [3.05, 3.63) is 17.9 Å². The van der Waals surface area contributed by atoms with Crippen LogP contribution in [0.1, 0.15) is 0 Å². The fourth-order valence-corrected chi connectivity index (χ4v) is 1.48. The number of nitrogen functional groups attached to an aromatic ring is 1. The van der Waals surface area contributed by atoms with Crippen LogP contribution in [0.5, 0.6) is 5.75 Å². The summed E-state index contributed by atoms with van der Waals surface area (Å²) in [6, 6.07) is 3.03. The maximum atomic E-state index is 13.5. The highest BCUT2D eigenvalue weighted by molar-refractivity contribution is 5.70. The Morgan fingerprint density at radius 1 is 1.24 bits per heavy atom. The van der Waals surface area contributed by atoms with E-state index in [-0.39, 0.29) is 5.69 Å². The molecule has 0 atom stereocenters. The Hall–Kier alpha value is -1.49. The number of hydrogen-bond acceptors (Lipinski definition) is 4. The van der Waals surface area contributed by atoms with Gasteiger partial charge in [0.2, 0.25) is 0 Å². The second-order valence-corrected chi connectivity index (χ2v) is 4.27. The fourth-order valence-electron chi connectivity index (χ4n) is 1.48. The third-order valence-electron chi connectivity index (χ3n) is 2.61. The molecule has 0 amide bonds. The summed E-state index contributed by atoms with van der Waals surface area (Å²) in [5.74, 6) is 0.0273. The van der Waals surface area contributed by atoms with Crippen LogP contribution in [0, 0.1) is 5.82 Å². The van der Waals surface area contributed by atoms with Gasteiger partial charge >= 0.3 is 0 Å². The molecule has 0 saturated heterocycles. The summed E-state index contributed by atoms with van der Waals surface area (Å²) in [4.78, 5) is 3.98. The number of benzene rings is 1. The molecule has 17 heavy (non-hydrogen) atoms. The first-order chi connectivity index (χ1) is 7.95. The van der Waals surface area contributed by atoms with Gasteiger partial charge in [-0.3, -0.25) is 0 Å². The number of nitrogens with two attached hydrogens (primary N) is 1. The van der Waals surface area contributed by atoms with Crippen LogP contribution in [0.25, 0.3) is 0 Å². The van der Waals surface area contributed by atoms with E-state index in [0.29, 0.717) is 11.4 Å². The lowest BCUT2D eigenvalue weighted by molar-refractivity contribution is 0.410. The standard InChI is InChI=1S/C12H20FN3O/c1-15(2)5-6-16(3)11-8-9(17-4)7-10(13)12(11)14/h7-8H,5-6,14H2,1-4H3. The molecule has 96 valence electrons. The van der Waals surface area contributed by atoms with E-state index in [1.807, 2.05) is 26.0 Å². The molecule has 0 heterocycles. The van der Waals surface area contributed by atoms with Crippen LogP contribution >= 0.6 is 0 Å². The molecule has 1 rings (SSSR count). The second kappa shape index (κ2) is 5.72. The van der Waals surface area contributed by atoms with Gasteiger partial charge in [-0.05, 0) is 14.1 Å². The van der Waals surface area contributed by atoms with Crippen LogP contribution in [-0.2, 0) is 0 Å². The van der Waals surface area contributed by atoms with Gasteiger partial charge in [0.25, 0.3) is 0 Å². The maximum absolute atomic E-state index is 13.5. The SMILES string of the molecule is COc1cc(F)c(N)c(N(C)CCN(C)C)c1. The fraction of sp³-hybridized carbons (Fsp3) is 0.500. The van der Waals surface area contributed by atoms with Gasteiger partial charge in [0.05, 0.1) is 18.5 Å². The van der Waals surface area contributed by atoms with Crippen molar-refractivity contribution < 1.29 is 9.13 Å². The highest BCUT2D eigenvalue weighted by Crippen LogP contribution is 2.30. The van der Waals surface area contributed by atoms with Crippen LogP contribution in [0.4, 0.5) is 15.8 Å². The minimum Gasteiger partial charge on any atom is -0.497 e. The molecule has 2 N–H and O–H groups in total. The minimum absolute atomic E-state index is 0.159. The summed E-state index contributed by atoms with van der Waals surface area (Å²) in [7, 11) is 7.37.